The summed E-state index contributed by atoms with van der Waals surface area (Å²) < 4.78 is 21.3. The van der Waals surface area contributed by atoms with E-state index in [-0.39, 0.29) is 5.92 Å². The van der Waals surface area contributed by atoms with Gasteiger partial charge in [0.05, 0.1) is 38.8 Å². The molecular formula is C100H61N7O2. The summed E-state index contributed by atoms with van der Waals surface area (Å²) in [4.78, 5) is 21.6. The van der Waals surface area contributed by atoms with E-state index in [0.717, 1.165) is 167 Å². The van der Waals surface area contributed by atoms with Crippen molar-refractivity contribution in [2.75, 3.05) is 0 Å². The summed E-state index contributed by atoms with van der Waals surface area (Å²) in [5.41, 5.74) is 30.4. The molecule has 0 saturated heterocycles. The Labute approximate surface area is 624 Å². The van der Waals surface area contributed by atoms with Gasteiger partial charge in [0.25, 0.3) is 0 Å². The van der Waals surface area contributed by atoms with Crippen LogP contribution in [0.5, 0.6) is 0 Å². The van der Waals surface area contributed by atoms with E-state index in [2.05, 4.69) is 323 Å². The minimum atomic E-state index is 0.147. The van der Waals surface area contributed by atoms with Crippen molar-refractivity contribution in [2.24, 2.45) is 0 Å². The topological polar surface area (TPSA) is 92.6 Å². The van der Waals surface area contributed by atoms with Crippen LogP contribution in [0.4, 0.5) is 0 Å². The summed E-state index contributed by atoms with van der Waals surface area (Å²) in [5, 5.41) is 8.65. The van der Waals surface area contributed by atoms with Crippen molar-refractivity contribution in [1.82, 2.24) is 33.6 Å². The van der Waals surface area contributed by atoms with Crippen LogP contribution in [0.1, 0.15) is 22.6 Å². The number of hydrogen-bond donors (Lipinski definition) is 0. The molecule has 1 aliphatic rings. The number of nitrogens with zero attached hydrogens (tertiary/aromatic N) is 7. The zero-order valence-corrected chi connectivity index (χ0v) is 58.7. The summed E-state index contributed by atoms with van der Waals surface area (Å²) in [6.07, 6.45) is 0.874. The molecular weight excluding hydrogens is 1330 g/mol. The molecule has 7 aromatic heterocycles. The summed E-state index contributed by atoms with van der Waals surface area (Å²) in [6, 6.07) is 126. The lowest BCUT2D eigenvalue weighted by atomic mass is 9.89. The van der Waals surface area contributed by atoms with E-state index in [4.69, 9.17) is 28.8 Å². The highest BCUT2D eigenvalue weighted by Gasteiger charge is 2.32. The van der Waals surface area contributed by atoms with Crippen LogP contribution in [0, 0.1) is 0 Å². The van der Waals surface area contributed by atoms with Gasteiger partial charge in [0.1, 0.15) is 33.6 Å². The maximum Gasteiger partial charge on any atom is 0.180 e. The molecule has 7 heterocycles. The third-order valence-electron chi connectivity index (χ3n) is 22.6. The van der Waals surface area contributed by atoms with Crippen LogP contribution >= 0.6 is 0 Å². The molecule has 1 unspecified atom stereocenters. The SMILES string of the molecule is c1ccc(CC2c3ccc(-c4cccc(-c5nc(-c6ccccc6)c6oc7cc8c9ccccc9n(-c9cccc%10c9c9ccccc9n%10-c9ccccc9)c8cc7c6n5)c4)cc3-c3cc(-c4ccc5c(c4)c4cc6oc7c(-c8ccccc8)nc(-c8ccccc8)nc7c6cc4n5-c4ccccc4)ccc32)cc1. The Balaban J connectivity index is 0.662. The van der Waals surface area contributed by atoms with Crippen LogP contribution in [0.25, 0.3) is 205 Å². The number of aromatic nitrogens is 7. The van der Waals surface area contributed by atoms with Gasteiger partial charge in [0, 0.05) is 82.6 Å². The van der Waals surface area contributed by atoms with E-state index in [1.165, 1.54) is 38.6 Å². The molecule has 0 amide bonds. The highest BCUT2D eigenvalue weighted by molar-refractivity contribution is 6.21. The molecule has 109 heavy (non-hydrogen) atoms. The second-order valence-electron chi connectivity index (χ2n) is 28.7. The summed E-state index contributed by atoms with van der Waals surface area (Å²) in [5.74, 6) is 1.41. The molecule has 1 aliphatic carbocycles. The molecule has 1 atom stereocenters. The molecule has 23 rings (SSSR count). The average Bonchev–Trinajstić information content (AvgIpc) is 1.56. The Kier molecular flexibility index (Phi) is 13.4. The molecule has 0 fully saturated rings. The van der Waals surface area contributed by atoms with Crippen LogP contribution in [0.3, 0.4) is 0 Å². The molecule has 9 heteroatoms. The molecule has 0 bridgehead atoms. The highest BCUT2D eigenvalue weighted by Crippen LogP contribution is 2.51. The number of benzene rings is 15. The first-order valence-corrected chi connectivity index (χ1v) is 37.2. The molecule has 0 spiro atoms. The molecule has 9 nitrogen and oxygen atoms in total. The van der Waals surface area contributed by atoms with Gasteiger partial charge in [-0.15, -0.1) is 0 Å². The first kappa shape index (κ1) is 60.8. The van der Waals surface area contributed by atoms with Gasteiger partial charge in [-0.2, -0.15) is 0 Å². The second kappa shape index (κ2) is 24.0. The van der Waals surface area contributed by atoms with Gasteiger partial charge in [-0.05, 0) is 160 Å². The van der Waals surface area contributed by atoms with E-state index in [1.807, 2.05) is 42.5 Å². The second-order valence-corrected chi connectivity index (χ2v) is 28.7. The predicted molar refractivity (Wildman–Crippen MR) is 445 cm³/mol. The maximum absolute atomic E-state index is 7.09. The van der Waals surface area contributed by atoms with Crippen molar-refractivity contribution in [3.8, 4) is 95.7 Å². The number of para-hydroxylation sites is 4. The van der Waals surface area contributed by atoms with Gasteiger partial charge < -0.3 is 22.5 Å². The number of hydrogen-bond acceptors (Lipinski definition) is 6. The van der Waals surface area contributed by atoms with Gasteiger partial charge in [0.15, 0.2) is 22.8 Å². The average molecular weight is 1390 g/mol. The van der Waals surface area contributed by atoms with Gasteiger partial charge in [-0.1, -0.05) is 249 Å². The van der Waals surface area contributed by atoms with Gasteiger partial charge in [-0.25, -0.2) is 19.9 Å². The summed E-state index contributed by atoms with van der Waals surface area (Å²) >= 11 is 0. The zero-order valence-electron chi connectivity index (χ0n) is 58.7. The van der Waals surface area contributed by atoms with E-state index in [9.17, 15) is 0 Å². The highest BCUT2D eigenvalue weighted by atomic mass is 16.3. The normalized spacial score (nSPS) is 12.9. The number of fused-ring (bicyclic) bond motifs is 18. The van der Waals surface area contributed by atoms with E-state index in [0.29, 0.717) is 22.8 Å². The fourth-order valence-corrected chi connectivity index (χ4v) is 17.6. The van der Waals surface area contributed by atoms with Crippen molar-refractivity contribution >= 4 is 110 Å². The lowest BCUT2D eigenvalue weighted by Crippen LogP contribution is -2.01. The minimum absolute atomic E-state index is 0.147. The molecule has 0 saturated carbocycles. The lowest BCUT2D eigenvalue weighted by molar-refractivity contribution is 0.667. The van der Waals surface area contributed by atoms with Crippen LogP contribution in [-0.2, 0) is 6.42 Å². The lowest BCUT2D eigenvalue weighted by Gasteiger charge is -2.15. The fourth-order valence-electron chi connectivity index (χ4n) is 17.6. The summed E-state index contributed by atoms with van der Waals surface area (Å²) in [6.45, 7) is 0. The van der Waals surface area contributed by atoms with Crippen LogP contribution < -0.4 is 0 Å². The molecule has 15 aromatic carbocycles. The molecule has 0 radical (unpaired) electrons. The smallest absolute Gasteiger partial charge is 0.180 e. The fraction of sp³-hybridized carbons (Fsp3) is 0.0200. The van der Waals surface area contributed by atoms with Crippen molar-refractivity contribution in [2.45, 2.75) is 12.3 Å². The van der Waals surface area contributed by atoms with Crippen molar-refractivity contribution in [3.63, 3.8) is 0 Å². The Morgan fingerprint density at radius 1 is 0.266 bits per heavy atom. The third-order valence-corrected chi connectivity index (χ3v) is 22.6. The van der Waals surface area contributed by atoms with Crippen LogP contribution in [0.2, 0.25) is 0 Å². The maximum atomic E-state index is 7.09. The molecule has 0 aliphatic heterocycles. The minimum Gasteiger partial charge on any atom is -0.452 e. The monoisotopic (exact) mass is 1390 g/mol. The van der Waals surface area contributed by atoms with Crippen LogP contribution in [-0.4, -0.2) is 33.6 Å². The first-order valence-electron chi connectivity index (χ1n) is 37.2. The first-order chi connectivity index (χ1) is 54.0. The quantitative estimate of drug-likeness (QED) is 0.128. The van der Waals surface area contributed by atoms with E-state index < -0.39 is 0 Å². The standard InChI is InChI=1S/C100H61N7O2/c1-7-25-60(26-8-1)51-75-71-48-45-65(53-76(71)77-54-66(46-49-72(75)77)67-47-50-85-78(55-67)80-59-91-81(56-88(80)106(85)70-37-17-6-18-38-70)95-97(109-91)93(61-27-9-2-10-28-61)101-99(103-95)63-31-13-4-14-32-63)64-33-23-34-68(52-64)100-102-94(62-29-11-3-12-30-62)98-96(104-100)82-57-89-79(58-90(82)108-98)73-39-19-21-41-83(73)107(89)87-44-24-43-86-92(87)74-40-20-22-42-84(74)105(86)69-35-15-5-16-36-69/h1-50,52-59,75H,51H2. The molecule has 0 N–H and O–H groups in total. The molecule has 508 valence electrons. The summed E-state index contributed by atoms with van der Waals surface area (Å²) in [7, 11) is 0. The van der Waals surface area contributed by atoms with Gasteiger partial charge >= 0.3 is 0 Å². The zero-order chi connectivity index (χ0) is 71.4. The van der Waals surface area contributed by atoms with E-state index in [1.54, 1.807) is 0 Å². The Morgan fingerprint density at radius 2 is 0.688 bits per heavy atom. The number of furan rings is 2. The molecule has 22 aromatic rings. The van der Waals surface area contributed by atoms with E-state index >= 15 is 0 Å². The van der Waals surface area contributed by atoms with Crippen molar-refractivity contribution in [1.29, 1.82) is 0 Å². The Hall–Kier alpha value is -14.5. The van der Waals surface area contributed by atoms with Crippen molar-refractivity contribution in [3.05, 3.63) is 369 Å². The van der Waals surface area contributed by atoms with Gasteiger partial charge in [-0.3, -0.25) is 0 Å². The number of rotatable bonds is 11. The van der Waals surface area contributed by atoms with Gasteiger partial charge in [0.2, 0.25) is 0 Å². The van der Waals surface area contributed by atoms with Crippen LogP contribution in [0.15, 0.2) is 361 Å². The predicted octanol–water partition coefficient (Wildman–Crippen LogP) is 25.7. The largest absolute Gasteiger partial charge is 0.452 e. The third kappa shape index (κ3) is 9.53. The Morgan fingerprint density at radius 3 is 1.29 bits per heavy atom. The Bertz CT molecular complexity index is 7480. The van der Waals surface area contributed by atoms with Crippen molar-refractivity contribution < 1.29 is 8.83 Å².